The number of carbonyl (C=O) groups excluding carboxylic acids is 2. The van der Waals surface area contributed by atoms with Crippen molar-refractivity contribution >= 4 is 28.3 Å². The van der Waals surface area contributed by atoms with E-state index in [9.17, 15) is 9.59 Å². The molecule has 2 aromatic heterocycles. The SMILES string of the molecule is Cc1occc1C(=O)Nc1nc(CC(=O)N2CCN(C(C)C)CC2)cs1. The summed E-state index contributed by atoms with van der Waals surface area (Å²) in [4.78, 5) is 33.3. The number of piperazine rings is 1. The zero-order valence-electron chi connectivity index (χ0n) is 15.3. The van der Waals surface area contributed by atoms with E-state index in [1.807, 2.05) is 10.3 Å². The summed E-state index contributed by atoms with van der Waals surface area (Å²) in [7, 11) is 0. The standard InChI is InChI=1S/C18H24N4O3S/c1-12(2)21-5-7-22(8-6-21)16(23)10-14-11-26-18(19-14)20-17(24)15-4-9-25-13(15)3/h4,9,11-12H,5-8,10H2,1-3H3,(H,19,20,24). The zero-order valence-corrected chi connectivity index (χ0v) is 16.1. The summed E-state index contributed by atoms with van der Waals surface area (Å²) in [5.41, 5.74) is 1.17. The molecule has 1 saturated heterocycles. The molecule has 7 nitrogen and oxygen atoms in total. The molecule has 0 aliphatic carbocycles. The van der Waals surface area contributed by atoms with Gasteiger partial charge in [-0.05, 0) is 26.8 Å². The van der Waals surface area contributed by atoms with Crippen LogP contribution in [0, 0.1) is 6.92 Å². The van der Waals surface area contributed by atoms with Crippen molar-refractivity contribution in [2.24, 2.45) is 0 Å². The summed E-state index contributed by atoms with van der Waals surface area (Å²) in [6.07, 6.45) is 1.74. The van der Waals surface area contributed by atoms with Crippen LogP contribution in [-0.2, 0) is 11.2 Å². The largest absolute Gasteiger partial charge is 0.469 e. The summed E-state index contributed by atoms with van der Waals surface area (Å²) in [6, 6.07) is 2.13. The number of furan rings is 1. The molecule has 26 heavy (non-hydrogen) atoms. The van der Waals surface area contributed by atoms with E-state index in [-0.39, 0.29) is 18.2 Å². The predicted octanol–water partition coefficient (Wildman–Crippen LogP) is 2.39. The van der Waals surface area contributed by atoms with Crippen LogP contribution in [0.3, 0.4) is 0 Å². The van der Waals surface area contributed by atoms with Crippen molar-refractivity contribution in [3.05, 3.63) is 34.7 Å². The van der Waals surface area contributed by atoms with Gasteiger partial charge in [0.15, 0.2) is 5.13 Å². The fraction of sp³-hybridized carbons (Fsp3) is 0.500. The fourth-order valence-electron chi connectivity index (χ4n) is 2.99. The van der Waals surface area contributed by atoms with Crippen molar-refractivity contribution in [3.8, 4) is 0 Å². The zero-order chi connectivity index (χ0) is 18.7. The maximum atomic E-state index is 12.5. The Labute approximate surface area is 157 Å². The molecular weight excluding hydrogens is 352 g/mol. The normalized spacial score (nSPS) is 15.5. The lowest BCUT2D eigenvalue weighted by atomic mass is 10.2. The molecule has 2 amide bonds. The van der Waals surface area contributed by atoms with Crippen LogP contribution in [0.2, 0.25) is 0 Å². The second-order valence-electron chi connectivity index (χ2n) is 6.68. The van der Waals surface area contributed by atoms with E-state index in [0.717, 1.165) is 26.2 Å². The Morgan fingerprint density at radius 2 is 2.04 bits per heavy atom. The van der Waals surface area contributed by atoms with E-state index in [0.29, 0.717) is 28.2 Å². The number of carbonyl (C=O) groups is 2. The van der Waals surface area contributed by atoms with Crippen molar-refractivity contribution in [3.63, 3.8) is 0 Å². The molecule has 8 heteroatoms. The van der Waals surface area contributed by atoms with Gasteiger partial charge < -0.3 is 9.32 Å². The van der Waals surface area contributed by atoms with Gasteiger partial charge in [-0.3, -0.25) is 19.8 Å². The van der Waals surface area contributed by atoms with E-state index in [2.05, 4.69) is 29.0 Å². The molecule has 0 radical (unpaired) electrons. The van der Waals surface area contributed by atoms with Crippen LogP contribution in [0.15, 0.2) is 22.1 Å². The quantitative estimate of drug-likeness (QED) is 0.867. The van der Waals surface area contributed by atoms with E-state index >= 15 is 0 Å². The molecule has 0 saturated carbocycles. The van der Waals surface area contributed by atoms with Crippen LogP contribution in [0.5, 0.6) is 0 Å². The van der Waals surface area contributed by atoms with Crippen LogP contribution in [-0.4, -0.2) is 58.8 Å². The molecule has 1 aliphatic rings. The van der Waals surface area contributed by atoms with Crippen LogP contribution in [0.4, 0.5) is 5.13 Å². The number of thiazole rings is 1. The van der Waals surface area contributed by atoms with Crippen molar-refractivity contribution in [2.45, 2.75) is 33.2 Å². The van der Waals surface area contributed by atoms with Gasteiger partial charge >= 0.3 is 0 Å². The Hall–Kier alpha value is -2.19. The molecule has 0 atom stereocenters. The minimum atomic E-state index is -0.256. The van der Waals surface area contributed by atoms with E-state index in [4.69, 9.17) is 4.42 Å². The molecule has 3 heterocycles. The number of aryl methyl sites for hydroxylation is 1. The summed E-state index contributed by atoms with van der Waals surface area (Å²) in [6.45, 7) is 9.41. The number of hydrogen-bond acceptors (Lipinski definition) is 6. The number of anilines is 1. The number of nitrogens with zero attached hydrogens (tertiary/aromatic N) is 3. The van der Waals surface area contributed by atoms with Gasteiger partial charge in [0, 0.05) is 37.6 Å². The summed E-state index contributed by atoms with van der Waals surface area (Å²) >= 11 is 1.32. The third-order valence-electron chi connectivity index (χ3n) is 4.61. The highest BCUT2D eigenvalue weighted by atomic mass is 32.1. The predicted molar refractivity (Wildman–Crippen MR) is 101 cm³/mol. The smallest absolute Gasteiger partial charge is 0.260 e. The Balaban J connectivity index is 1.53. The highest BCUT2D eigenvalue weighted by molar-refractivity contribution is 7.14. The third kappa shape index (κ3) is 4.31. The monoisotopic (exact) mass is 376 g/mol. The lowest BCUT2D eigenvalue weighted by Gasteiger charge is -2.36. The fourth-order valence-corrected chi connectivity index (χ4v) is 3.69. The van der Waals surface area contributed by atoms with Gasteiger partial charge in [-0.2, -0.15) is 0 Å². The molecule has 0 bridgehead atoms. The minimum Gasteiger partial charge on any atom is -0.469 e. The molecule has 140 valence electrons. The van der Waals surface area contributed by atoms with Crippen LogP contribution in [0.1, 0.15) is 35.7 Å². The van der Waals surface area contributed by atoms with Crippen LogP contribution >= 0.6 is 11.3 Å². The van der Waals surface area contributed by atoms with Gasteiger partial charge in [-0.1, -0.05) is 0 Å². The number of hydrogen-bond donors (Lipinski definition) is 1. The average molecular weight is 376 g/mol. The molecule has 2 aromatic rings. The average Bonchev–Trinajstić information content (AvgIpc) is 3.23. The van der Waals surface area contributed by atoms with Gasteiger partial charge in [0.2, 0.25) is 5.91 Å². The van der Waals surface area contributed by atoms with Crippen LogP contribution < -0.4 is 5.32 Å². The number of rotatable bonds is 5. The van der Waals surface area contributed by atoms with Crippen LogP contribution in [0.25, 0.3) is 0 Å². The maximum absolute atomic E-state index is 12.5. The topological polar surface area (TPSA) is 78.7 Å². The Kier molecular flexibility index (Phi) is 5.73. The Morgan fingerprint density at radius 3 is 2.65 bits per heavy atom. The van der Waals surface area contributed by atoms with Crippen molar-refractivity contribution in [2.75, 3.05) is 31.5 Å². The molecule has 1 aliphatic heterocycles. The highest BCUT2D eigenvalue weighted by Crippen LogP contribution is 2.19. The number of amides is 2. The molecular formula is C18H24N4O3S. The van der Waals surface area contributed by atoms with E-state index < -0.39 is 0 Å². The van der Waals surface area contributed by atoms with E-state index in [1.165, 1.54) is 17.6 Å². The minimum absolute atomic E-state index is 0.0854. The molecule has 0 aromatic carbocycles. The first-order chi connectivity index (χ1) is 12.4. The molecule has 1 N–H and O–H groups in total. The summed E-state index contributed by atoms with van der Waals surface area (Å²) in [5, 5.41) is 5.06. The molecule has 3 rings (SSSR count). The van der Waals surface area contributed by atoms with Crippen molar-refractivity contribution in [1.82, 2.24) is 14.8 Å². The summed E-state index contributed by atoms with van der Waals surface area (Å²) in [5.74, 6) is 0.394. The highest BCUT2D eigenvalue weighted by Gasteiger charge is 2.23. The molecule has 1 fully saturated rings. The lowest BCUT2D eigenvalue weighted by molar-refractivity contribution is -0.132. The first kappa shape index (κ1) is 18.6. The Morgan fingerprint density at radius 1 is 1.31 bits per heavy atom. The van der Waals surface area contributed by atoms with Gasteiger partial charge in [0.05, 0.1) is 23.9 Å². The second-order valence-corrected chi connectivity index (χ2v) is 7.53. The van der Waals surface area contributed by atoms with E-state index in [1.54, 1.807) is 13.0 Å². The third-order valence-corrected chi connectivity index (χ3v) is 5.41. The van der Waals surface area contributed by atoms with Gasteiger partial charge in [0.25, 0.3) is 5.91 Å². The second kappa shape index (κ2) is 8.01. The van der Waals surface area contributed by atoms with Crippen molar-refractivity contribution < 1.29 is 14.0 Å². The Bertz CT molecular complexity index is 775. The van der Waals surface area contributed by atoms with Gasteiger partial charge in [0.1, 0.15) is 5.76 Å². The van der Waals surface area contributed by atoms with Gasteiger partial charge in [-0.25, -0.2) is 4.98 Å². The first-order valence-electron chi connectivity index (χ1n) is 8.75. The molecule has 0 spiro atoms. The lowest BCUT2D eigenvalue weighted by Crippen LogP contribution is -2.51. The van der Waals surface area contributed by atoms with Gasteiger partial charge in [-0.15, -0.1) is 11.3 Å². The summed E-state index contributed by atoms with van der Waals surface area (Å²) < 4.78 is 5.14. The van der Waals surface area contributed by atoms with Crippen molar-refractivity contribution in [1.29, 1.82) is 0 Å². The first-order valence-corrected chi connectivity index (χ1v) is 9.63. The number of aromatic nitrogens is 1. The number of nitrogens with one attached hydrogen (secondary N) is 1. The maximum Gasteiger partial charge on any atom is 0.260 e. The molecule has 0 unspecified atom stereocenters.